The average Bonchev–Trinajstić information content (AvgIpc) is 3.08. The molecule has 1 aromatic heterocycles. The molecular weight excluding hydrogens is 329 g/mol. The fraction of sp³-hybridized carbons (Fsp3) is 0.286. The number of rotatable bonds is 3. The third kappa shape index (κ3) is 3.31. The largest absolute Gasteiger partial charge is 0.347 e. The Hall–Kier alpha value is -1.30. The second-order valence-electron chi connectivity index (χ2n) is 4.84. The molecule has 1 aliphatic heterocycles. The maximum absolute atomic E-state index is 12.3. The molecule has 1 aromatic carbocycles. The molecule has 21 heavy (non-hydrogen) atoms. The number of amides is 1. The molecule has 0 aliphatic carbocycles. The van der Waals surface area contributed by atoms with Crippen molar-refractivity contribution in [2.45, 2.75) is 12.5 Å². The maximum atomic E-state index is 12.3. The number of benzene rings is 1. The summed E-state index contributed by atoms with van der Waals surface area (Å²) in [5.74, 6) is -0.164. The number of hydrogen-bond acceptors (Lipinski definition) is 4. The van der Waals surface area contributed by atoms with E-state index in [2.05, 4.69) is 15.2 Å². The predicted octanol–water partition coefficient (Wildman–Crippen LogP) is 3.46. The summed E-state index contributed by atoms with van der Waals surface area (Å²) in [5, 5.41) is 6.86. The van der Waals surface area contributed by atoms with Crippen LogP contribution in [0.4, 0.5) is 5.13 Å². The first-order chi connectivity index (χ1) is 10.1. The highest BCUT2D eigenvalue weighted by atomic mass is 35.5. The van der Waals surface area contributed by atoms with Crippen molar-refractivity contribution in [2.24, 2.45) is 0 Å². The van der Waals surface area contributed by atoms with Crippen molar-refractivity contribution in [2.75, 3.05) is 18.0 Å². The number of nitrogens with zero attached hydrogens (tertiary/aromatic N) is 2. The Kier molecular flexibility index (Phi) is 4.33. The fourth-order valence-corrected chi connectivity index (χ4v) is 3.54. The van der Waals surface area contributed by atoms with Crippen LogP contribution in [0, 0.1) is 0 Å². The number of hydrogen-bond donors (Lipinski definition) is 1. The zero-order valence-corrected chi connectivity index (χ0v) is 13.4. The van der Waals surface area contributed by atoms with Crippen LogP contribution < -0.4 is 10.2 Å². The van der Waals surface area contributed by atoms with Crippen LogP contribution in [0.25, 0.3) is 0 Å². The minimum absolute atomic E-state index is 0.105. The van der Waals surface area contributed by atoms with Crippen molar-refractivity contribution in [3.63, 3.8) is 0 Å². The van der Waals surface area contributed by atoms with Gasteiger partial charge in [-0.3, -0.25) is 4.79 Å². The van der Waals surface area contributed by atoms with Crippen LogP contribution in [-0.2, 0) is 0 Å². The summed E-state index contributed by atoms with van der Waals surface area (Å²) < 4.78 is 0. The summed E-state index contributed by atoms with van der Waals surface area (Å²) in [6.45, 7) is 1.66. The van der Waals surface area contributed by atoms with Crippen LogP contribution in [0.5, 0.6) is 0 Å². The molecule has 0 radical (unpaired) electrons. The Balaban J connectivity index is 1.63. The number of aromatic nitrogens is 1. The molecule has 1 fully saturated rings. The van der Waals surface area contributed by atoms with E-state index in [1.165, 1.54) is 0 Å². The summed E-state index contributed by atoms with van der Waals surface area (Å²) in [6.07, 6.45) is 2.69. The van der Waals surface area contributed by atoms with Gasteiger partial charge in [-0.1, -0.05) is 23.2 Å². The Morgan fingerprint density at radius 2 is 2.29 bits per heavy atom. The van der Waals surface area contributed by atoms with Gasteiger partial charge in [-0.25, -0.2) is 4.98 Å². The number of thiazole rings is 1. The number of nitrogens with one attached hydrogen (secondary N) is 1. The van der Waals surface area contributed by atoms with Gasteiger partial charge in [-0.05, 0) is 24.6 Å². The van der Waals surface area contributed by atoms with E-state index in [-0.39, 0.29) is 11.9 Å². The van der Waals surface area contributed by atoms with E-state index in [0.29, 0.717) is 15.6 Å². The standard InChI is InChI=1S/C14H13Cl2N3OS/c15-9-1-2-11(12(16)7-9)13(20)18-10-3-5-19(8-10)14-17-4-6-21-14/h1-2,4,6-7,10H,3,5,8H2,(H,18,20)/t10-/m0/s1. The van der Waals surface area contributed by atoms with Crippen LogP contribution in [-0.4, -0.2) is 30.0 Å². The third-order valence-electron chi connectivity index (χ3n) is 3.39. The van der Waals surface area contributed by atoms with Crippen LogP contribution in [0.15, 0.2) is 29.8 Å². The van der Waals surface area contributed by atoms with Gasteiger partial charge in [0.15, 0.2) is 5.13 Å². The monoisotopic (exact) mass is 341 g/mol. The third-order valence-corrected chi connectivity index (χ3v) is 4.77. The number of anilines is 1. The number of carbonyl (C=O) groups excluding carboxylic acids is 1. The molecular formula is C14H13Cl2N3OS. The molecule has 2 aromatic rings. The van der Waals surface area contributed by atoms with Crippen LogP contribution in [0.3, 0.4) is 0 Å². The fourth-order valence-electron chi connectivity index (χ4n) is 2.36. The van der Waals surface area contributed by atoms with Gasteiger partial charge in [-0.2, -0.15) is 0 Å². The zero-order valence-electron chi connectivity index (χ0n) is 11.1. The molecule has 1 N–H and O–H groups in total. The van der Waals surface area contributed by atoms with Gasteiger partial charge in [0.25, 0.3) is 5.91 Å². The van der Waals surface area contributed by atoms with Gasteiger partial charge in [-0.15, -0.1) is 11.3 Å². The molecule has 1 aliphatic rings. The van der Waals surface area contributed by atoms with Crippen LogP contribution in [0.2, 0.25) is 10.0 Å². The average molecular weight is 342 g/mol. The Bertz CT molecular complexity index is 648. The highest BCUT2D eigenvalue weighted by Crippen LogP contribution is 2.24. The molecule has 7 heteroatoms. The molecule has 2 heterocycles. The van der Waals surface area contributed by atoms with E-state index in [9.17, 15) is 4.79 Å². The molecule has 0 bridgehead atoms. The topological polar surface area (TPSA) is 45.2 Å². The van der Waals surface area contributed by atoms with Crippen LogP contribution in [0.1, 0.15) is 16.8 Å². The van der Waals surface area contributed by atoms with Gasteiger partial charge in [0.2, 0.25) is 0 Å². The molecule has 3 rings (SSSR count). The molecule has 0 unspecified atom stereocenters. The quantitative estimate of drug-likeness (QED) is 0.929. The van der Waals surface area contributed by atoms with Gasteiger partial charge < -0.3 is 10.2 Å². The van der Waals surface area contributed by atoms with Gasteiger partial charge in [0.05, 0.1) is 10.6 Å². The first-order valence-electron chi connectivity index (χ1n) is 6.54. The second kappa shape index (κ2) is 6.22. The van der Waals surface area contributed by atoms with E-state index in [1.807, 2.05) is 5.38 Å². The van der Waals surface area contributed by atoms with Crippen molar-refractivity contribution in [3.05, 3.63) is 45.4 Å². The summed E-state index contributed by atoms with van der Waals surface area (Å²) in [4.78, 5) is 18.7. The maximum Gasteiger partial charge on any atom is 0.253 e. The summed E-state index contributed by atoms with van der Waals surface area (Å²) >= 11 is 13.5. The molecule has 0 spiro atoms. The Labute approximate surface area is 136 Å². The van der Waals surface area contributed by atoms with Crippen molar-refractivity contribution >= 4 is 45.6 Å². The number of carbonyl (C=O) groups is 1. The lowest BCUT2D eigenvalue weighted by Crippen LogP contribution is -2.37. The minimum atomic E-state index is -0.164. The van der Waals surface area contributed by atoms with Crippen LogP contribution >= 0.6 is 34.5 Å². The first kappa shape index (κ1) is 14.6. The highest BCUT2D eigenvalue weighted by Gasteiger charge is 2.26. The normalized spacial score (nSPS) is 18.0. The lowest BCUT2D eigenvalue weighted by atomic mass is 10.2. The van der Waals surface area contributed by atoms with Gasteiger partial charge in [0, 0.05) is 35.7 Å². The zero-order chi connectivity index (χ0) is 14.8. The minimum Gasteiger partial charge on any atom is -0.347 e. The summed E-state index contributed by atoms with van der Waals surface area (Å²) in [7, 11) is 0. The molecule has 110 valence electrons. The van der Waals surface area contributed by atoms with Crippen molar-refractivity contribution in [1.82, 2.24) is 10.3 Å². The van der Waals surface area contributed by atoms with Gasteiger partial charge >= 0.3 is 0 Å². The van der Waals surface area contributed by atoms with E-state index in [1.54, 1.807) is 35.7 Å². The Morgan fingerprint density at radius 3 is 3.00 bits per heavy atom. The summed E-state index contributed by atoms with van der Waals surface area (Å²) in [6, 6.07) is 4.99. The van der Waals surface area contributed by atoms with E-state index < -0.39 is 0 Å². The van der Waals surface area contributed by atoms with Crippen molar-refractivity contribution < 1.29 is 4.79 Å². The van der Waals surface area contributed by atoms with Crippen molar-refractivity contribution in [1.29, 1.82) is 0 Å². The molecule has 1 amide bonds. The van der Waals surface area contributed by atoms with Gasteiger partial charge in [0.1, 0.15) is 0 Å². The van der Waals surface area contributed by atoms with Crippen molar-refractivity contribution in [3.8, 4) is 0 Å². The lowest BCUT2D eigenvalue weighted by molar-refractivity contribution is 0.0940. The predicted molar refractivity (Wildman–Crippen MR) is 86.7 cm³/mol. The molecule has 0 saturated carbocycles. The Morgan fingerprint density at radius 1 is 1.43 bits per heavy atom. The lowest BCUT2D eigenvalue weighted by Gasteiger charge is -2.16. The SMILES string of the molecule is O=C(N[C@H]1CCN(c2nccs2)C1)c1ccc(Cl)cc1Cl. The molecule has 1 saturated heterocycles. The smallest absolute Gasteiger partial charge is 0.253 e. The second-order valence-corrected chi connectivity index (χ2v) is 6.56. The molecule has 4 nitrogen and oxygen atoms in total. The van der Waals surface area contributed by atoms with E-state index in [4.69, 9.17) is 23.2 Å². The highest BCUT2D eigenvalue weighted by molar-refractivity contribution is 7.13. The first-order valence-corrected chi connectivity index (χ1v) is 8.17. The summed E-state index contributed by atoms with van der Waals surface area (Å²) in [5.41, 5.74) is 0.453. The number of halogens is 2. The molecule has 1 atom stereocenters. The van der Waals surface area contributed by atoms with E-state index in [0.717, 1.165) is 24.6 Å². The van der Waals surface area contributed by atoms with E-state index >= 15 is 0 Å².